The van der Waals surface area contributed by atoms with Crippen LogP contribution in [0.3, 0.4) is 0 Å². The molecular weight excluding hydrogens is 464 g/mol. The Labute approximate surface area is 216 Å². The number of benzene rings is 2. The second-order valence-electron chi connectivity index (χ2n) is 8.62. The molecule has 7 nitrogen and oxygen atoms in total. The van der Waals surface area contributed by atoms with Crippen molar-refractivity contribution in [2.45, 2.75) is 26.7 Å². The second kappa shape index (κ2) is 11.4. The Morgan fingerprint density at radius 1 is 1.08 bits per heavy atom. The summed E-state index contributed by atoms with van der Waals surface area (Å²) in [6.07, 6.45) is 7.04. The number of para-hydroxylation sites is 1. The molecule has 4 rings (SSSR count). The number of aromatic nitrogens is 2. The maximum absolute atomic E-state index is 13.3. The molecule has 1 aliphatic heterocycles. The molecule has 1 aromatic heterocycles. The van der Waals surface area contributed by atoms with E-state index in [1.54, 1.807) is 17.7 Å². The number of unbranched alkanes of at least 4 members (excludes halogenated alkanes) is 1. The van der Waals surface area contributed by atoms with Crippen molar-refractivity contribution in [3.63, 3.8) is 0 Å². The fraction of sp³-hybridized carbons (Fsp3) is 0.200. The number of carbonyl (C=O) groups excluding carboxylic acids is 2. The van der Waals surface area contributed by atoms with Gasteiger partial charge in [-0.1, -0.05) is 37.6 Å². The molecule has 2 amide bonds. The highest BCUT2D eigenvalue weighted by Gasteiger charge is 2.35. The van der Waals surface area contributed by atoms with E-state index in [1.807, 2.05) is 66.9 Å². The Morgan fingerprint density at radius 2 is 1.81 bits per heavy atom. The molecule has 0 bridgehead atoms. The number of carbonyl (C=O) groups is 2. The van der Waals surface area contributed by atoms with E-state index in [9.17, 15) is 14.9 Å². The van der Waals surface area contributed by atoms with Crippen LogP contribution in [0.2, 0.25) is 0 Å². The van der Waals surface area contributed by atoms with E-state index in [0.717, 1.165) is 34.7 Å². The third-order valence-electron chi connectivity index (χ3n) is 6.09. The molecule has 186 valence electrons. The van der Waals surface area contributed by atoms with Crippen LogP contribution >= 0.6 is 0 Å². The van der Waals surface area contributed by atoms with Crippen molar-refractivity contribution in [3.8, 4) is 28.8 Å². The summed E-state index contributed by atoms with van der Waals surface area (Å²) in [6.45, 7) is 8.05. The van der Waals surface area contributed by atoms with Crippen LogP contribution in [0.5, 0.6) is 5.75 Å². The Balaban J connectivity index is 1.83. The lowest BCUT2D eigenvalue weighted by Gasteiger charge is -2.26. The smallest absolute Gasteiger partial charge is 0.271 e. The van der Waals surface area contributed by atoms with Crippen molar-refractivity contribution in [2.75, 3.05) is 13.2 Å². The number of imide groups is 1. The Kier molecular flexibility index (Phi) is 7.80. The zero-order valence-electron chi connectivity index (χ0n) is 21.0. The molecule has 3 aromatic rings. The van der Waals surface area contributed by atoms with Gasteiger partial charge >= 0.3 is 0 Å². The summed E-state index contributed by atoms with van der Waals surface area (Å²) >= 11 is 0. The summed E-state index contributed by atoms with van der Waals surface area (Å²) in [6, 6.07) is 19.3. The summed E-state index contributed by atoms with van der Waals surface area (Å²) in [5.41, 5.74) is 3.59. The van der Waals surface area contributed by atoms with Gasteiger partial charge in [-0.25, -0.2) is 4.68 Å². The average Bonchev–Trinajstić information content (AvgIpc) is 3.34. The molecule has 7 heteroatoms. The molecule has 0 aliphatic carbocycles. The number of rotatable bonds is 9. The first-order valence-corrected chi connectivity index (χ1v) is 12.2. The molecule has 2 aromatic carbocycles. The summed E-state index contributed by atoms with van der Waals surface area (Å²) in [7, 11) is 0. The fourth-order valence-electron chi connectivity index (χ4n) is 4.05. The maximum Gasteiger partial charge on any atom is 0.271 e. The van der Waals surface area contributed by atoms with Crippen LogP contribution in [0, 0.1) is 11.3 Å². The monoisotopic (exact) mass is 492 g/mol. The third kappa shape index (κ3) is 5.29. The first kappa shape index (κ1) is 25.4. The van der Waals surface area contributed by atoms with E-state index in [0.29, 0.717) is 23.4 Å². The highest BCUT2D eigenvalue weighted by molar-refractivity contribution is 6.19. The third-order valence-corrected chi connectivity index (χ3v) is 6.09. The van der Waals surface area contributed by atoms with Crippen molar-refractivity contribution in [1.82, 2.24) is 14.7 Å². The molecule has 0 saturated carbocycles. The summed E-state index contributed by atoms with van der Waals surface area (Å²) in [5, 5.41) is 14.5. The highest BCUT2D eigenvalue weighted by atomic mass is 16.5. The van der Waals surface area contributed by atoms with Gasteiger partial charge in [-0.3, -0.25) is 14.5 Å². The Hall–Kier alpha value is -4.70. The zero-order valence-corrected chi connectivity index (χ0v) is 21.0. The number of hydrogen-bond donors (Lipinski definition) is 0. The Bertz CT molecular complexity index is 1420. The molecule has 0 spiro atoms. The van der Waals surface area contributed by atoms with Crippen LogP contribution in [0.1, 0.15) is 32.3 Å². The van der Waals surface area contributed by atoms with Gasteiger partial charge in [-0.15, -0.1) is 6.58 Å². The lowest BCUT2D eigenvalue weighted by atomic mass is 9.93. The van der Waals surface area contributed by atoms with Gasteiger partial charge in [0.05, 0.1) is 18.0 Å². The fourth-order valence-corrected chi connectivity index (χ4v) is 4.05. The van der Waals surface area contributed by atoms with Gasteiger partial charge in [-0.05, 0) is 61.4 Å². The summed E-state index contributed by atoms with van der Waals surface area (Å²) < 4.78 is 7.54. The molecule has 0 atom stereocenters. The normalized spacial score (nSPS) is 14.7. The molecule has 0 saturated heterocycles. The lowest BCUT2D eigenvalue weighted by molar-refractivity contribution is -0.139. The van der Waals surface area contributed by atoms with E-state index in [-0.39, 0.29) is 17.7 Å². The van der Waals surface area contributed by atoms with Crippen molar-refractivity contribution >= 4 is 17.9 Å². The average molecular weight is 493 g/mol. The second-order valence-corrected chi connectivity index (χ2v) is 8.62. The van der Waals surface area contributed by atoms with Crippen LogP contribution < -0.4 is 4.74 Å². The number of ether oxygens (including phenoxy) is 1. The lowest BCUT2D eigenvalue weighted by Crippen LogP contribution is -2.42. The van der Waals surface area contributed by atoms with E-state index in [2.05, 4.69) is 13.5 Å². The van der Waals surface area contributed by atoms with Gasteiger partial charge in [0.15, 0.2) is 0 Å². The number of nitrogens with zero attached hydrogens (tertiary/aromatic N) is 4. The molecule has 37 heavy (non-hydrogen) atoms. The molecule has 1 aliphatic rings. The minimum absolute atomic E-state index is 0.0170. The van der Waals surface area contributed by atoms with Crippen LogP contribution in [-0.2, 0) is 9.59 Å². The first-order valence-electron chi connectivity index (χ1n) is 12.2. The number of nitriles is 1. The number of amides is 2. The summed E-state index contributed by atoms with van der Waals surface area (Å²) in [4.78, 5) is 27.0. The molecule has 0 unspecified atom stereocenters. The molecule has 0 N–H and O–H groups in total. The minimum Gasteiger partial charge on any atom is -0.494 e. The Morgan fingerprint density at radius 3 is 2.46 bits per heavy atom. The predicted molar refractivity (Wildman–Crippen MR) is 143 cm³/mol. The minimum atomic E-state index is -0.610. The van der Waals surface area contributed by atoms with Gasteiger partial charge in [0, 0.05) is 29.4 Å². The van der Waals surface area contributed by atoms with E-state index >= 15 is 0 Å². The van der Waals surface area contributed by atoms with Crippen LogP contribution in [-0.4, -0.2) is 39.6 Å². The predicted octanol–water partition coefficient (Wildman–Crippen LogP) is 5.50. The van der Waals surface area contributed by atoms with Crippen LogP contribution in [0.25, 0.3) is 23.0 Å². The van der Waals surface area contributed by atoms with Gasteiger partial charge in [0.25, 0.3) is 11.8 Å². The van der Waals surface area contributed by atoms with Crippen LogP contribution in [0.15, 0.2) is 90.2 Å². The van der Waals surface area contributed by atoms with Crippen molar-refractivity contribution in [2.24, 2.45) is 0 Å². The van der Waals surface area contributed by atoms with Crippen molar-refractivity contribution in [3.05, 3.63) is 95.7 Å². The quantitative estimate of drug-likeness (QED) is 0.170. The standard InChI is InChI=1S/C30H28N4O3/c1-4-6-17-37-25-14-12-22(13-15-25)28-23(20-34(32-28)24-10-8-7-9-11-24)18-26-21(3)27(19-31)30(36)33(16-5-2)29(26)35/h5,7-15,18,20H,2,4,6,16-17H2,1,3H3/b26-18+. The molecule has 2 heterocycles. The van der Waals surface area contributed by atoms with Crippen LogP contribution in [0.4, 0.5) is 0 Å². The molecule has 0 fully saturated rings. The zero-order chi connectivity index (χ0) is 26.4. The topological polar surface area (TPSA) is 88.2 Å². The first-order chi connectivity index (χ1) is 18.0. The largest absolute Gasteiger partial charge is 0.494 e. The van der Waals surface area contributed by atoms with Gasteiger partial charge in [0.2, 0.25) is 0 Å². The van der Waals surface area contributed by atoms with Gasteiger partial charge < -0.3 is 4.74 Å². The van der Waals surface area contributed by atoms with E-state index in [4.69, 9.17) is 9.84 Å². The number of hydrogen-bond acceptors (Lipinski definition) is 5. The highest BCUT2D eigenvalue weighted by Crippen LogP contribution is 2.31. The van der Waals surface area contributed by atoms with Crippen molar-refractivity contribution in [1.29, 1.82) is 5.26 Å². The maximum atomic E-state index is 13.3. The molecule has 0 radical (unpaired) electrons. The summed E-state index contributed by atoms with van der Waals surface area (Å²) in [5.74, 6) is -0.307. The van der Waals surface area contributed by atoms with Crippen molar-refractivity contribution < 1.29 is 14.3 Å². The van der Waals surface area contributed by atoms with E-state index < -0.39 is 11.8 Å². The molecular formula is C30H28N4O3. The van der Waals surface area contributed by atoms with Gasteiger partial charge in [-0.2, -0.15) is 10.4 Å². The van der Waals surface area contributed by atoms with Gasteiger partial charge in [0.1, 0.15) is 17.4 Å². The van der Waals surface area contributed by atoms with E-state index in [1.165, 1.54) is 6.08 Å². The SMILES string of the molecule is C=CCN1C(=O)C(C#N)=C(C)/C(=C\c2cn(-c3ccccc3)nc2-c2ccc(OCCCC)cc2)C1=O.